The summed E-state index contributed by atoms with van der Waals surface area (Å²) in [5, 5.41) is 8.45. The standard InChI is InChI=1S/C20H23N3O3/c1-14(18-8-5-13-26-18)21-19(24)15-9-11-17(12-10-15)23-20(25)22-16-6-3-2-4-7-16/h2-4,6-7,9-12,14,18H,5,8,13H2,1H3,(H,21,24)(H2,22,23,25)/t14-,18-/m0/s1. The Balaban J connectivity index is 1.52. The van der Waals surface area contributed by atoms with E-state index >= 15 is 0 Å². The van der Waals surface area contributed by atoms with Crippen LogP contribution in [0.2, 0.25) is 0 Å². The summed E-state index contributed by atoms with van der Waals surface area (Å²) < 4.78 is 5.59. The van der Waals surface area contributed by atoms with Gasteiger partial charge in [-0.25, -0.2) is 4.79 Å². The lowest BCUT2D eigenvalue weighted by atomic mass is 10.1. The highest BCUT2D eigenvalue weighted by Gasteiger charge is 2.23. The highest BCUT2D eigenvalue weighted by atomic mass is 16.5. The second kappa shape index (κ2) is 8.49. The number of amides is 3. The van der Waals surface area contributed by atoms with E-state index in [-0.39, 0.29) is 24.1 Å². The highest BCUT2D eigenvalue weighted by Crippen LogP contribution is 2.16. The van der Waals surface area contributed by atoms with Gasteiger partial charge in [-0.1, -0.05) is 18.2 Å². The molecule has 0 saturated carbocycles. The summed E-state index contributed by atoms with van der Waals surface area (Å²) in [6.07, 6.45) is 2.10. The predicted molar refractivity (Wildman–Crippen MR) is 101 cm³/mol. The first-order chi connectivity index (χ1) is 12.6. The largest absolute Gasteiger partial charge is 0.376 e. The third-order valence-electron chi connectivity index (χ3n) is 4.32. The van der Waals surface area contributed by atoms with Gasteiger partial charge in [0.1, 0.15) is 0 Å². The molecule has 3 N–H and O–H groups in total. The number of ether oxygens (including phenoxy) is 1. The summed E-state index contributed by atoms with van der Waals surface area (Å²) in [6, 6.07) is 15.6. The molecular formula is C20H23N3O3. The fraction of sp³-hybridized carbons (Fsp3) is 0.300. The molecule has 1 heterocycles. The van der Waals surface area contributed by atoms with E-state index in [9.17, 15) is 9.59 Å². The maximum Gasteiger partial charge on any atom is 0.323 e. The predicted octanol–water partition coefficient (Wildman–Crippen LogP) is 3.63. The zero-order chi connectivity index (χ0) is 18.4. The summed E-state index contributed by atoms with van der Waals surface area (Å²) in [7, 11) is 0. The van der Waals surface area contributed by atoms with E-state index in [0.717, 1.165) is 19.4 Å². The molecule has 2 atom stereocenters. The first kappa shape index (κ1) is 17.9. The van der Waals surface area contributed by atoms with Gasteiger partial charge in [-0.3, -0.25) is 4.79 Å². The lowest BCUT2D eigenvalue weighted by molar-refractivity contribution is 0.0712. The van der Waals surface area contributed by atoms with E-state index in [2.05, 4.69) is 16.0 Å². The number of carbonyl (C=O) groups is 2. The Bertz CT molecular complexity index is 741. The highest BCUT2D eigenvalue weighted by molar-refractivity contribution is 6.00. The molecule has 0 aromatic heterocycles. The van der Waals surface area contributed by atoms with Crippen LogP contribution in [0.3, 0.4) is 0 Å². The molecule has 136 valence electrons. The normalized spacial score (nSPS) is 17.3. The Morgan fingerprint density at radius 1 is 1.00 bits per heavy atom. The van der Waals surface area contributed by atoms with Crippen LogP contribution in [0, 0.1) is 0 Å². The van der Waals surface area contributed by atoms with Gasteiger partial charge in [0, 0.05) is 23.5 Å². The summed E-state index contributed by atoms with van der Waals surface area (Å²) >= 11 is 0. The van der Waals surface area contributed by atoms with Gasteiger partial charge in [0.05, 0.1) is 12.1 Å². The lowest BCUT2D eigenvalue weighted by Crippen LogP contribution is -2.40. The van der Waals surface area contributed by atoms with E-state index in [4.69, 9.17) is 4.74 Å². The number of hydrogen-bond acceptors (Lipinski definition) is 3. The monoisotopic (exact) mass is 353 g/mol. The van der Waals surface area contributed by atoms with Crippen LogP contribution < -0.4 is 16.0 Å². The van der Waals surface area contributed by atoms with Crippen LogP contribution in [0.4, 0.5) is 16.2 Å². The summed E-state index contributed by atoms with van der Waals surface area (Å²) in [4.78, 5) is 24.3. The van der Waals surface area contributed by atoms with E-state index in [1.165, 1.54) is 0 Å². The van der Waals surface area contributed by atoms with Crippen LogP contribution in [0.1, 0.15) is 30.1 Å². The van der Waals surface area contributed by atoms with Gasteiger partial charge in [-0.2, -0.15) is 0 Å². The Kier molecular flexibility index (Phi) is 5.86. The van der Waals surface area contributed by atoms with Crippen LogP contribution in [-0.2, 0) is 4.74 Å². The Labute approximate surface area is 152 Å². The maximum absolute atomic E-state index is 12.3. The average molecular weight is 353 g/mol. The number of benzene rings is 2. The smallest absolute Gasteiger partial charge is 0.323 e. The third-order valence-corrected chi connectivity index (χ3v) is 4.32. The number of hydrogen-bond donors (Lipinski definition) is 3. The van der Waals surface area contributed by atoms with E-state index in [1.807, 2.05) is 37.3 Å². The number of urea groups is 1. The van der Waals surface area contributed by atoms with Crippen molar-refractivity contribution in [3.8, 4) is 0 Å². The van der Waals surface area contributed by atoms with Gasteiger partial charge in [0.25, 0.3) is 5.91 Å². The summed E-state index contributed by atoms with van der Waals surface area (Å²) in [6.45, 7) is 2.72. The van der Waals surface area contributed by atoms with Crippen LogP contribution in [-0.4, -0.2) is 30.7 Å². The minimum atomic E-state index is -0.333. The molecule has 1 aliphatic heterocycles. The van der Waals surface area contributed by atoms with E-state index in [0.29, 0.717) is 16.9 Å². The van der Waals surface area contributed by atoms with Gasteiger partial charge in [0.15, 0.2) is 0 Å². The van der Waals surface area contributed by atoms with Crippen molar-refractivity contribution >= 4 is 23.3 Å². The first-order valence-corrected chi connectivity index (χ1v) is 8.77. The molecule has 0 bridgehead atoms. The van der Waals surface area contributed by atoms with Gasteiger partial charge >= 0.3 is 6.03 Å². The molecule has 0 radical (unpaired) electrons. The molecule has 26 heavy (non-hydrogen) atoms. The number of anilines is 2. The van der Waals surface area contributed by atoms with Gasteiger partial charge in [-0.05, 0) is 56.2 Å². The zero-order valence-electron chi connectivity index (χ0n) is 14.7. The molecule has 2 aromatic carbocycles. The quantitative estimate of drug-likeness (QED) is 0.768. The zero-order valence-corrected chi connectivity index (χ0v) is 14.7. The molecule has 1 aliphatic rings. The molecular weight excluding hydrogens is 330 g/mol. The van der Waals surface area contributed by atoms with Crippen molar-refractivity contribution < 1.29 is 14.3 Å². The van der Waals surface area contributed by atoms with Crippen molar-refractivity contribution in [2.24, 2.45) is 0 Å². The van der Waals surface area contributed by atoms with Crippen LogP contribution in [0.5, 0.6) is 0 Å². The Hall–Kier alpha value is -2.86. The fourth-order valence-corrected chi connectivity index (χ4v) is 2.90. The second-order valence-electron chi connectivity index (χ2n) is 6.34. The first-order valence-electron chi connectivity index (χ1n) is 8.77. The molecule has 6 heteroatoms. The van der Waals surface area contributed by atoms with Crippen molar-refractivity contribution in [3.63, 3.8) is 0 Å². The number of nitrogens with one attached hydrogen (secondary N) is 3. The van der Waals surface area contributed by atoms with Crippen LogP contribution in [0.15, 0.2) is 54.6 Å². The molecule has 2 aromatic rings. The molecule has 0 aliphatic carbocycles. The third kappa shape index (κ3) is 4.83. The Morgan fingerprint density at radius 3 is 2.27 bits per heavy atom. The van der Waals surface area contributed by atoms with Crippen molar-refractivity contribution in [2.75, 3.05) is 17.2 Å². The molecule has 3 amide bonds. The Morgan fingerprint density at radius 2 is 1.65 bits per heavy atom. The minimum absolute atomic E-state index is 0.0283. The van der Waals surface area contributed by atoms with Gasteiger partial charge in [0.2, 0.25) is 0 Å². The van der Waals surface area contributed by atoms with Gasteiger partial charge < -0.3 is 20.7 Å². The molecule has 3 rings (SSSR count). The maximum atomic E-state index is 12.3. The van der Waals surface area contributed by atoms with E-state index < -0.39 is 0 Å². The minimum Gasteiger partial charge on any atom is -0.376 e. The van der Waals surface area contributed by atoms with Crippen molar-refractivity contribution in [2.45, 2.75) is 31.9 Å². The van der Waals surface area contributed by atoms with Crippen LogP contribution >= 0.6 is 0 Å². The average Bonchev–Trinajstić information content (AvgIpc) is 3.18. The number of rotatable bonds is 5. The molecule has 1 saturated heterocycles. The molecule has 1 fully saturated rings. The van der Waals surface area contributed by atoms with Crippen LogP contribution in [0.25, 0.3) is 0 Å². The lowest BCUT2D eigenvalue weighted by Gasteiger charge is -2.20. The number of carbonyl (C=O) groups excluding carboxylic acids is 2. The van der Waals surface area contributed by atoms with Crippen molar-refractivity contribution in [1.82, 2.24) is 5.32 Å². The van der Waals surface area contributed by atoms with E-state index in [1.54, 1.807) is 24.3 Å². The topological polar surface area (TPSA) is 79.5 Å². The van der Waals surface area contributed by atoms with Crippen molar-refractivity contribution in [1.29, 1.82) is 0 Å². The molecule has 0 spiro atoms. The molecule has 6 nitrogen and oxygen atoms in total. The summed E-state index contributed by atoms with van der Waals surface area (Å²) in [5.41, 5.74) is 1.87. The summed E-state index contributed by atoms with van der Waals surface area (Å²) in [5.74, 6) is -0.145. The number of para-hydroxylation sites is 1. The van der Waals surface area contributed by atoms with Gasteiger partial charge in [-0.15, -0.1) is 0 Å². The fourth-order valence-electron chi connectivity index (χ4n) is 2.90. The SMILES string of the molecule is C[C@H](NC(=O)c1ccc(NC(=O)Nc2ccccc2)cc1)[C@@H]1CCCO1. The second-order valence-corrected chi connectivity index (χ2v) is 6.34. The molecule has 0 unspecified atom stereocenters. The van der Waals surface area contributed by atoms with Crippen molar-refractivity contribution in [3.05, 3.63) is 60.2 Å².